The fourth-order valence-electron chi connectivity index (χ4n) is 2.93. The molecule has 0 heterocycles. The maximum absolute atomic E-state index is 12.2. The molecule has 0 aliphatic heterocycles. The van der Waals surface area contributed by atoms with E-state index in [0.717, 1.165) is 31.2 Å². The summed E-state index contributed by atoms with van der Waals surface area (Å²) in [6.45, 7) is 1.80. The second kappa shape index (κ2) is 6.63. The Hall–Kier alpha value is -2.37. The number of nitrogens with one attached hydrogen (secondary N) is 2. The molecule has 0 spiro atoms. The summed E-state index contributed by atoms with van der Waals surface area (Å²) in [5.41, 5.74) is 1.53. The first kappa shape index (κ1) is 16.5. The van der Waals surface area contributed by atoms with Crippen molar-refractivity contribution in [3.05, 3.63) is 29.3 Å². The summed E-state index contributed by atoms with van der Waals surface area (Å²) < 4.78 is 4.67. The molecule has 24 heavy (non-hydrogen) atoms. The number of rotatable bonds is 5. The van der Waals surface area contributed by atoms with Gasteiger partial charge in [-0.2, -0.15) is 0 Å². The molecular weight excluding hydrogens is 308 g/mol. The molecule has 1 aromatic carbocycles. The lowest BCUT2D eigenvalue weighted by Crippen LogP contribution is -2.44. The molecule has 128 valence electrons. The summed E-state index contributed by atoms with van der Waals surface area (Å²) >= 11 is 0. The van der Waals surface area contributed by atoms with Crippen molar-refractivity contribution in [3.8, 4) is 0 Å². The van der Waals surface area contributed by atoms with Gasteiger partial charge in [0.2, 0.25) is 0 Å². The summed E-state index contributed by atoms with van der Waals surface area (Å²) in [6.07, 6.45) is 4.51. The van der Waals surface area contributed by atoms with E-state index in [0.29, 0.717) is 23.1 Å². The lowest BCUT2D eigenvalue weighted by molar-refractivity contribution is -0.136. The standard InChI is InChI=1S/C18H22N2O4/c1-10-3-4-13(18(23)24-2)9-14(10)19-16(21)17(22)20-15(11-5-6-11)12-7-8-12/h3-4,9,11-12,15H,5-8H2,1-2H3,(H,19,21)(H,20,22). The van der Waals surface area contributed by atoms with Crippen LogP contribution in [0.5, 0.6) is 0 Å². The van der Waals surface area contributed by atoms with Crippen molar-refractivity contribution in [1.29, 1.82) is 0 Å². The van der Waals surface area contributed by atoms with Crippen molar-refractivity contribution in [2.45, 2.75) is 38.6 Å². The van der Waals surface area contributed by atoms with Crippen molar-refractivity contribution < 1.29 is 19.1 Å². The highest BCUT2D eigenvalue weighted by molar-refractivity contribution is 6.39. The zero-order valence-electron chi connectivity index (χ0n) is 13.9. The summed E-state index contributed by atoms with van der Waals surface area (Å²) in [6, 6.07) is 4.97. The topological polar surface area (TPSA) is 84.5 Å². The minimum absolute atomic E-state index is 0.130. The number of ether oxygens (including phenoxy) is 1. The summed E-state index contributed by atoms with van der Waals surface area (Å²) in [7, 11) is 1.30. The minimum atomic E-state index is -0.702. The van der Waals surface area contributed by atoms with Gasteiger partial charge in [0.25, 0.3) is 0 Å². The van der Waals surface area contributed by atoms with Crippen LogP contribution in [0.3, 0.4) is 0 Å². The molecule has 0 radical (unpaired) electrons. The molecule has 6 heteroatoms. The van der Waals surface area contributed by atoms with Gasteiger partial charge in [-0.15, -0.1) is 0 Å². The highest BCUT2D eigenvalue weighted by atomic mass is 16.5. The smallest absolute Gasteiger partial charge is 0.337 e. The number of carbonyl (C=O) groups excluding carboxylic acids is 3. The van der Waals surface area contributed by atoms with Crippen LogP contribution in [0, 0.1) is 18.8 Å². The van der Waals surface area contributed by atoms with Gasteiger partial charge in [0.1, 0.15) is 0 Å². The highest BCUT2D eigenvalue weighted by Gasteiger charge is 2.42. The van der Waals surface area contributed by atoms with E-state index < -0.39 is 17.8 Å². The molecule has 0 bridgehead atoms. The third-order valence-corrected chi connectivity index (χ3v) is 4.67. The second-order valence-electron chi connectivity index (χ2n) is 6.65. The van der Waals surface area contributed by atoms with Gasteiger partial charge < -0.3 is 15.4 Å². The first-order valence-electron chi connectivity index (χ1n) is 8.30. The Morgan fingerprint density at radius 2 is 1.71 bits per heavy atom. The average molecular weight is 330 g/mol. The number of methoxy groups -OCH3 is 1. The fourth-order valence-corrected chi connectivity index (χ4v) is 2.93. The lowest BCUT2D eigenvalue weighted by Gasteiger charge is -2.17. The highest BCUT2D eigenvalue weighted by Crippen LogP contribution is 2.44. The molecule has 2 aliphatic carbocycles. The summed E-state index contributed by atoms with van der Waals surface area (Å²) in [5, 5.41) is 5.48. The van der Waals surface area contributed by atoms with E-state index in [9.17, 15) is 14.4 Å². The van der Waals surface area contributed by atoms with Crippen LogP contribution in [-0.2, 0) is 14.3 Å². The Labute approximate surface area is 140 Å². The second-order valence-corrected chi connectivity index (χ2v) is 6.65. The molecule has 2 N–H and O–H groups in total. The van der Waals surface area contributed by atoms with Gasteiger partial charge in [-0.3, -0.25) is 9.59 Å². The predicted octanol–water partition coefficient (Wildman–Crippen LogP) is 2.02. The van der Waals surface area contributed by atoms with Gasteiger partial charge in [-0.1, -0.05) is 6.07 Å². The SMILES string of the molecule is COC(=O)c1ccc(C)c(NC(=O)C(=O)NC(C2CC2)C2CC2)c1. The Kier molecular flexibility index (Phi) is 4.55. The quantitative estimate of drug-likeness (QED) is 0.639. The largest absolute Gasteiger partial charge is 0.465 e. The normalized spacial score (nSPS) is 16.6. The van der Waals surface area contributed by atoms with E-state index in [1.165, 1.54) is 13.2 Å². The molecule has 0 aromatic heterocycles. The first-order chi connectivity index (χ1) is 11.5. The third-order valence-electron chi connectivity index (χ3n) is 4.67. The fraction of sp³-hybridized carbons (Fsp3) is 0.500. The molecule has 3 rings (SSSR count). The predicted molar refractivity (Wildman–Crippen MR) is 88.5 cm³/mol. The Morgan fingerprint density at radius 3 is 2.25 bits per heavy atom. The monoisotopic (exact) mass is 330 g/mol. The Balaban J connectivity index is 1.65. The summed E-state index contributed by atoms with van der Waals surface area (Å²) in [5.74, 6) is -0.747. The molecule has 2 saturated carbocycles. The van der Waals surface area contributed by atoms with E-state index in [2.05, 4.69) is 15.4 Å². The van der Waals surface area contributed by atoms with Crippen molar-refractivity contribution in [2.75, 3.05) is 12.4 Å². The number of hydrogen-bond acceptors (Lipinski definition) is 4. The zero-order chi connectivity index (χ0) is 17.3. The molecule has 2 amide bonds. The maximum Gasteiger partial charge on any atom is 0.337 e. The number of hydrogen-bond donors (Lipinski definition) is 2. The summed E-state index contributed by atoms with van der Waals surface area (Å²) in [4.78, 5) is 36.0. The number of amides is 2. The van der Waals surface area contributed by atoms with Crippen molar-refractivity contribution in [2.24, 2.45) is 11.8 Å². The maximum atomic E-state index is 12.2. The van der Waals surface area contributed by atoms with Gasteiger partial charge in [0, 0.05) is 11.7 Å². The number of esters is 1. The first-order valence-corrected chi connectivity index (χ1v) is 8.30. The van der Waals surface area contributed by atoms with Crippen molar-refractivity contribution in [3.63, 3.8) is 0 Å². The van der Waals surface area contributed by atoms with Crippen molar-refractivity contribution >= 4 is 23.5 Å². The Morgan fingerprint density at radius 1 is 1.08 bits per heavy atom. The number of carbonyl (C=O) groups is 3. The number of aryl methyl sites for hydroxylation is 1. The molecule has 0 atom stereocenters. The van der Waals surface area contributed by atoms with Crippen LogP contribution in [0.2, 0.25) is 0 Å². The van der Waals surface area contributed by atoms with Gasteiger partial charge in [0.05, 0.1) is 12.7 Å². The van der Waals surface area contributed by atoms with E-state index in [1.807, 2.05) is 0 Å². The van der Waals surface area contributed by atoms with Crippen LogP contribution in [0.4, 0.5) is 5.69 Å². The van der Waals surface area contributed by atoms with Gasteiger partial charge in [0.15, 0.2) is 0 Å². The van der Waals surface area contributed by atoms with Crippen LogP contribution in [-0.4, -0.2) is 30.9 Å². The van der Waals surface area contributed by atoms with Gasteiger partial charge >= 0.3 is 17.8 Å². The Bertz CT molecular complexity index is 666. The van der Waals surface area contributed by atoms with Gasteiger partial charge in [-0.25, -0.2) is 4.79 Å². The van der Waals surface area contributed by atoms with Gasteiger partial charge in [-0.05, 0) is 62.1 Å². The molecule has 0 saturated heterocycles. The lowest BCUT2D eigenvalue weighted by atomic mass is 10.1. The van der Waals surface area contributed by atoms with Crippen molar-refractivity contribution in [1.82, 2.24) is 5.32 Å². The molecule has 6 nitrogen and oxygen atoms in total. The van der Waals surface area contributed by atoms with E-state index in [4.69, 9.17) is 0 Å². The molecule has 2 fully saturated rings. The molecule has 0 unspecified atom stereocenters. The number of anilines is 1. The minimum Gasteiger partial charge on any atom is -0.465 e. The average Bonchev–Trinajstić information content (AvgIpc) is 3.46. The molecular formula is C18H22N2O4. The van der Waals surface area contributed by atoms with Crippen LogP contribution >= 0.6 is 0 Å². The number of benzene rings is 1. The zero-order valence-corrected chi connectivity index (χ0v) is 13.9. The molecule has 2 aliphatic rings. The van der Waals surface area contributed by atoms with Crippen LogP contribution in [0.25, 0.3) is 0 Å². The van der Waals surface area contributed by atoms with Crippen LogP contribution in [0.1, 0.15) is 41.6 Å². The van der Waals surface area contributed by atoms with E-state index in [-0.39, 0.29) is 6.04 Å². The van der Waals surface area contributed by atoms with Crippen LogP contribution in [0.15, 0.2) is 18.2 Å². The third kappa shape index (κ3) is 3.75. The molecule has 1 aromatic rings. The van der Waals surface area contributed by atoms with E-state index in [1.54, 1.807) is 19.1 Å². The van der Waals surface area contributed by atoms with Crippen LogP contribution < -0.4 is 10.6 Å². The van der Waals surface area contributed by atoms with E-state index >= 15 is 0 Å².